The number of hydrogen-bond donors (Lipinski definition) is 1. The second-order valence-electron chi connectivity index (χ2n) is 4.20. The molecule has 0 amide bonds. The van der Waals surface area contributed by atoms with Crippen LogP contribution >= 0.6 is 27.5 Å². The summed E-state index contributed by atoms with van der Waals surface area (Å²) in [5.41, 5.74) is 0.878. The molecular formula is C14H8BrClN2O3. The van der Waals surface area contributed by atoms with Crippen LogP contribution in [-0.4, -0.2) is 20.9 Å². The van der Waals surface area contributed by atoms with Gasteiger partial charge in [-0.05, 0) is 40.2 Å². The summed E-state index contributed by atoms with van der Waals surface area (Å²) >= 11 is 9.30. The van der Waals surface area contributed by atoms with E-state index in [1.54, 1.807) is 36.4 Å². The maximum Gasteiger partial charge on any atom is 0.339 e. The second-order valence-corrected chi connectivity index (χ2v) is 5.39. The molecule has 0 aliphatic carbocycles. The van der Waals surface area contributed by atoms with Gasteiger partial charge in [0.15, 0.2) is 10.4 Å². The fourth-order valence-corrected chi connectivity index (χ4v) is 2.44. The highest BCUT2D eigenvalue weighted by Crippen LogP contribution is 2.29. The molecule has 0 saturated carbocycles. The van der Waals surface area contributed by atoms with Crippen molar-refractivity contribution >= 4 is 33.5 Å². The number of rotatable bonds is 3. The first kappa shape index (κ1) is 13.9. The molecule has 0 aliphatic heterocycles. The highest BCUT2D eigenvalue weighted by molar-refractivity contribution is 9.10. The Morgan fingerprint density at radius 1 is 1.29 bits per heavy atom. The average molecular weight is 368 g/mol. The molecule has 5 nitrogen and oxygen atoms in total. The number of carboxylic acid groups (broad SMARTS) is 1. The number of para-hydroxylation sites is 1. The summed E-state index contributed by atoms with van der Waals surface area (Å²) in [5, 5.41) is 14.1. The molecule has 0 radical (unpaired) electrons. The number of carboxylic acids is 1. The molecule has 0 bridgehead atoms. The van der Waals surface area contributed by atoms with Crippen molar-refractivity contribution in [2.24, 2.45) is 0 Å². The smallest absolute Gasteiger partial charge is 0.339 e. The number of nitrogens with zero attached hydrogens (tertiary/aromatic N) is 2. The summed E-state index contributed by atoms with van der Waals surface area (Å²) in [6.07, 6.45) is 1.41. The monoisotopic (exact) mass is 366 g/mol. The van der Waals surface area contributed by atoms with E-state index in [0.29, 0.717) is 21.1 Å². The zero-order valence-corrected chi connectivity index (χ0v) is 12.8. The Balaban J connectivity index is 2.18. The minimum Gasteiger partial charge on any atom is -0.478 e. The lowest BCUT2D eigenvalue weighted by atomic mass is 10.2. The Morgan fingerprint density at radius 3 is 2.67 bits per heavy atom. The summed E-state index contributed by atoms with van der Waals surface area (Å²) in [5.74, 6) is -0.721. The Morgan fingerprint density at radius 2 is 2.05 bits per heavy atom. The average Bonchev–Trinajstić information content (AvgIpc) is 3.05. The van der Waals surface area contributed by atoms with Crippen molar-refractivity contribution in [1.82, 2.24) is 9.78 Å². The van der Waals surface area contributed by atoms with Gasteiger partial charge in [-0.25, -0.2) is 9.48 Å². The van der Waals surface area contributed by atoms with E-state index in [2.05, 4.69) is 21.0 Å². The summed E-state index contributed by atoms with van der Waals surface area (Å²) in [4.78, 5) is 11.4. The van der Waals surface area contributed by atoms with Crippen molar-refractivity contribution in [2.75, 3.05) is 0 Å². The van der Waals surface area contributed by atoms with Crippen LogP contribution in [0.1, 0.15) is 10.4 Å². The number of hydrogen-bond acceptors (Lipinski definition) is 3. The van der Waals surface area contributed by atoms with E-state index in [9.17, 15) is 9.90 Å². The van der Waals surface area contributed by atoms with Crippen LogP contribution in [0, 0.1) is 0 Å². The number of furan rings is 1. The third-order valence-corrected chi connectivity index (χ3v) is 3.60. The third kappa shape index (κ3) is 2.59. The molecule has 1 aromatic carbocycles. The van der Waals surface area contributed by atoms with Gasteiger partial charge in [-0.1, -0.05) is 23.7 Å². The molecule has 2 heterocycles. The van der Waals surface area contributed by atoms with E-state index in [1.807, 2.05) is 0 Å². The minimum absolute atomic E-state index is 0.0387. The highest BCUT2D eigenvalue weighted by atomic mass is 79.9. The van der Waals surface area contributed by atoms with Gasteiger partial charge in [0.25, 0.3) is 0 Å². The number of carbonyl (C=O) groups is 1. The van der Waals surface area contributed by atoms with E-state index in [-0.39, 0.29) is 11.3 Å². The molecule has 0 unspecified atom stereocenters. The molecule has 106 valence electrons. The van der Waals surface area contributed by atoms with Gasteiger partial charge < -0.3 is 9.52 Å². The number of benzene rings is 1. The first-order valence-corrected chi connectivity index (χ1v) is 7.07. The molecule has 0 saturated heterocycles. The summed E-state index contributed by atoms with van der Waals surface area (Å²) in [6, 6.07) is 10.4. The molecule has 3 rings (SSSR count). The van der Waals surface area contributed by atoms with Crippen LogP contribution < -0.4 is 0 Å². The Labute approximate surface area is 132 Å². The van der Waals surface area contributed by atoms with E-state index in [4.69, 9.17) is 16.0 Å². The first-order valence-electron chi connectivity index (χ1n) is 5.90. The molecule has 0 spiro atoms. The predicted octanol–water partition coefficient (Wildman–Crippen LogP) is 4.25. The van der Waals surface area contributed by atoms with Gasteiger partial charge >= 0.3 is 5.97 Å². The van der Waals surface area contributed by atoms with Crippen molar-refractivity contribution < 1.29 is 14.3 Å². The largest absolute Gasteiger partial charge is 0.478 e. The van der Waals surface area contributed by atoms with Gasteiger partial charge in [0, 0.05) is 6.20 Å². The molecule has 7 heteroatoms. The maximum absolute atomic E-state index is 11.4. The van der Waals surface area contributed by atoms with Gasteiger partial charge in [0.05, 0.1) is 10.7 Å². The van der Waals surface area contributed by atoms with Crippen LogP contribution in [-0.2, 0) is 0 Å². The van der Waals surface area contributed by atoms with Gasteiger partial charge in [0.2, 0.25) is 0 Å². The van der Waals surface area contributed by atoms with Gasteiger partial charge in [0.1, 0.15) is 11.3 Å². The molecular weight excluding hydrogens is 360 g/mol. The number of aromatic nitrogens is 2. The van der Waals surface area contributed by atoms with E-state index < -0.39 is 5.97 Å². The van der Waals surface area contributed by atoms with E-state index in [1.165, 1.54) is 10.9 Å². The standard InChI is InChI=1S/C14H8BrClN2O3/c15-12-6-5-11(21-12)13-8(14(19)20)7-18(17-13)10-4-2-1-3-9(10)16/h1-7H,(H,19,20). The molecule has 0 atom stereocenters. The third-order valence-electron chi connectivity index (χ3n) is 2.85. The van der Waals surface area contributed by atoms with Crippen molar-refractivity contribution in [3.63, 3.8) is 0 Å². The molecule has 21 heavy (non-hydrogen) atoms. The normalized spacial score (nSPS) is 10.8. The lowest BCUT2D eigenvalue weighted by molar-refractivity contribution is 0.0697. The highest BCUT2D eigenvalue weighted by Gasteiger charge is 2.20. The molecule has 3 aromatic rings. The van der Waals surface area contributed by atoms with Gasteiger partial charge in [-0.3, -0.25) is 0 Å². The number of halogens is 2. The zero-order valence-electron chi connectivity index (χ0n) is 10.5. The molecule has 0 fully saturated rings. The predicted molar refractivity (Wildman–Crippen MR) is 80.9 cm³/mol. The lowest BCUT2D eigenvalue weighted by Gasteiger charge is -2.02. The molecule has 2 aromatic heterocycles. The quantitative estimate of drug-likeness (QED) is 0.751. The lowest BCUT2D eigenvalue weighted by Crippen LogP contribution is -1.96. The van der Waals surface area contributed by atoms with Crippen LogP contribution in [0.5, 0.6) is 0 Å². The zero-order chi connectivity index (χ0) is 15.0. The maximum atomic E-state index is 11.4. The Hall–Kier alpha value is -2.05. The second kappa shape index (κ2) is 5.38. The topological polar surface area (TPSA) is 68.3 Å². The van der Waals surface area contributed by atoms with Crippen LogP contribution in [0.3, 0.4) is 0 Å². The van der Waals surface area contributed by atoms with Crippen molar-refractivity contribution in [3.8, 4) is 17.1 Å². The van der Waals surface area contributed by atoms with E-state index in [0.717, 1.165) is 0 Å². The summed E-state index contributed by atoms with van der Waals surface area (Å²) < 4.78 is 7.31. The van der Waals surface area contributed by atoms with Crippen LogP contribution in [0.25, 0.3) is 17.1 Å². The van der Waals surface area contributed by atoms with Gasteiger partial charge in [-0.15, -0.1) is 0 Å². The Bertz CT molecular complexity index is 825. The van der Waals surface area contributed by atoms with Crippen molar-refractivity contribution in [2.45, 2.75) is 0 Å². The van der Waals surface area contributed by atoms with Crippen LogP contribution in [0.15, 0.2) is 51.7 Å². The van der Waals surface area contributed by atoms with Gasteiger partial charge in [-0.2, -0.15) is 5.10 Å². The van der Waals surface area contributed by atoms with Crippen molar-refractivity contribution in [3.05, 3.63) is 57.9 Å². The molecule has 0 aliphatic rings. The van der Waals surface area contributed by atoms with Crippen molar-refractivity contribution in [1.29, 1.82) is 0 Å². The van der Waals surface area contributed by atoms with Crippen LogP contribution in [0.2, 0.25) is 5.02 Å². The fraction of sp³-hybridized carbons (Fsp3) is 0. The fourth-order valence-electron chi connectivity index (χ4n) is 1.91. The molecule has 1 N–H and O–H groups in total. The number of aromatic carboxylic acids is 1. The van der Waals surface area contributed by atoms with Crippen LogP contribution in [0.4, 0.5) is 0 Å². The first-order chi connectivity index (χ1) is 10.1. The minimum atomic E-state index is -1.09. The summed E-state index contributed by atoms with van der Waals surface area (Å²) in [6.45, 7) is 0. The Kier molecular flexibility index (Phi) is 3.57. The SMILES string of the molecule is O=C(O)c1cn(-c2ccccc2Cl)nc1-c1ccc(Br)o1. The van der Waals surface area contributed by atoms with E-state index >= 15 is 0 Å². The summed E-state index contributed by atoms with van der Waals surface area (Å²) in [7, 11) is 0.